The van der Waals surface area contributed by atoms with E-state index in [0.717, 1.165) is 27.8 Å². The van der Waals surface area contributed by atoms with Gasteiger partial charge in [0, 0.05) is 28.4 Å². The van der Waals surface area contributed by atoms with Crippen LogP contribution < -0.4 is 14.8 Å². The fraction of sp³-hybridized carbons (Fsp3) is 0.250. The summed E-state index contributed by atoms with van der Waals surface area (Å²) in [7, 11) is 3.23. The summed E-state index contributed by atoms with van der Waals surface area (Å²) < 4.78 is 11.7. The highest BCUT2D eigenvalue weighted by Gasteiger charge is 2.23. The first kappa shape index (κ1) is 17.5. The lowest BCUT2D eigenvalue weighted by atomic mass is 9.85. The van der Waals surface area contributed by atoms with Crippen LogP contribution in [-0.2, 0) is 4.79 Å². The fourth-order valence-corrected chi connectivity index (χ4v) is 3.31. The standard InChI is InChI=1S/C20H20BrNO3/c1-24-19-8-3-13(11-20(19)25-2)14-9-17(12-18(23)10-14)22-16-6-4-15(21)5-7-16/h3-8,11-12,14,22H,9-10H2,1-2H3/t14-/m1/s1. The Morgan fingerprint density at radius 3 is 2.40 bits per heavy atom. The molecule has 0 bridgehead atoms. The number of methoxy groups -OCH3 is 2. The molecule has 0 aliphatic heterocycles. The maximum Gasteiger partial charge on any atom is 0.160 e. The van der Waals surface area contributed by atoms with Gasteiger partial charge in [0.2, 0.25) is 0 Å². The van der Waals surface area contributed by atoms with Gasteiger partial charge < -0.3 is 14.8 Å². The predicted octanol–water partition coefficient (Wildman–Crippen LogP) is 4.91. The molecule has 2 aromatic carbocycles. The summed E-state index contributed by atoms with van der Waals surface area (Å²) in [6.07, 6.45) is 2.98. The Kier molecular flexibility index (Phi) is 5.43. The van der Waals surface area contributed by atoms with Crippen LogP contribution in [0.1, 0.15) is 24.3 Å². The summed E-state index contributed by atoms with van der Waals surface area (Å²) in [6.45, 7) is 0. The van der Waals surface area contributed by atoms with Gasteiger partial charge in [0.15, 0.2) is 17.3 Å². The first-order valence-corrected chi connectivity index (χ1v) is 8.86. The third kappa shape index (κ3) is 4.23. The number of allylic oxidation sites excluding steroid dienone is 2. The average molecular weight is 402 g/mol. The van der Waals surface area contributed by atoms with Gasteiger partial charge in [0.25, 0.3) is 0 Å². The fourth-order valence-electron chi connectivity index (χ4n) is 3.04. The molecule has 130 valence electrons. The van der Waals surface area contributed by atoms with E-state index in [1.807, 2.05) is 42.5 Å². The maximum absolute atomic E-state index is 12.2. The van der Waals surface area contributed by atoms with Gasteiger partial charge in [-0.05, 0) is 54.3 Å². The Bertz CT molecular complexity index is 799. The van der Waals surface area contributed by atoms with Crippen LogP contribution in [0.3, 0.4) is 0 Å². The second-order valence-corrected chi connectivity index (χ2v) is 6.90. The lowest BCUT2D eigenvalue weighted by Gasteiger charge is -2.24. The number of carbonyl (C=O) groups excluding carboxylic acids is 1. The van der Waals surface area contributed by atoms with Gasteiger partial charge in [-0.3, -0.25) is 4.79 Å². The van der Waals surface area contributed by atoms with Crippen molar-refractivity contribution in [1.29, 1.82) is 0 Å². The molecule has 0 heterocycles. The number of anilines is 1. The van der Waals surface area contributed by atoms with Crippen molar-refractivity contribution in [1.82, 2.24) is 0 Å². The number of rotatable bonds is 5. The molecule has 1 N–H and O–H groups in total. The Morgan fingerprint density at radius 2 is 1.72 bits per heavy atom. The normalized spacial score (nSPS) is 17.0. The number of halogens is 1. The van der Waals surface area contributed by atoms with Crippen LogP contribution in [0.15, 0.2) is 58.7 Å². The number of hydrogen-bond acceptors (Lipinski definition) is 4. The van der Waals surface area contributed by atoms with Crippen LogP contribution in [0, 0.1) is 0 Å². The SMILES string of the molecule is COc1ccc([C@H]2CC(=O)C=C(Nc3ccc(Br)cc3)C2)cc1OC. The number of ether oxygens (including phenoxy) is 2. The molecule has 25 heavy (non-hydrogen) atoms. The summed E-state index contributed by atoms with van der Waals surface area (Å²) in [5, 5.41) is 3.35. The van der Waals surface area contributed by atoms with E-state index in [9.17, 15) is 4.79 Å². The summed E-state index contributed by atoms with van der Waals surface area (Å²) in [5.41, 5.74) is 2.97. The summed E-state index contributed by atoms with van der Waals surface area (Å²) >= 11 is 3.43. The van der Waals surface area contributed by atoms with E-state index in [1.54, 1.807) is 20.3 Å². The third-order valence-electron chi connectivity index (χ3n) is 4.28. The zero-order valence-electron chi connectivity index (χ0n) is 14.2. The van der Waals surface area contributed by atoms with Crippen LogP contribution >= 0.6 is 15.9 Å². The molecule has 0 spiro atoms. The van der Waals surface area contributed by atoms with Crippen LogP contribution in [-0.4, -0.2) is 20.0 Å². The molecule has 1 aliphatic rings. The van der Waals surface area contributed by atoms with Crippen molar-refractivity contribution >= 4 is 27.4 Å². The number of ketones is 1. The van der Waals surface area contributed by atoms with E-state index >= 15 is 0 Å². The Labute approximate surface area is 156 Å². The minimum Gasteiger partial charge on any atom is -0.493 e. The molecule has 0 radical (unpaired) electrons. The van der Waals surface area contributed by atoms with Crippen LogP contribution in [0.5, 0.6) is 11.5 Å². The van der Waals surface area contributed by atoms with Crippen molar-refractivity contribution in [2.24, 2.45) is 0 Å². The zero-order chi connectivity index (χ0) is 17.8. The molecule has 0 fully saturated rings. The molecule has 0 saturated heterocycles. The van der Waals surface area contributed by atoms with Gasteiger partial charge in [-0.2, -0.15) is 0 Å². The Balaban J connectivity index is 1.79. The van der Waals surface area contributed by atoms with Gasteiger partial charge in [-0.15, -0.1) is 0 Å². The second-order valence-electron chi connectivity index (χ2n) is 5.99. The van der Waals surface area contributed by atoms with E-state index in [0.29, 0.717) is 17.9 Å². The van der Waals surface area contributed by atoms with Gasteiger partial charge in [-0.1, -0.05) is 22.0 Å². The molecule has 2 aromatic rings. The molecular formula is C20H20BrNO3. The molecule has 0 saturated carbocycles. The van der Waals surface area contributed by atoms with Crippen molar-refractivity contribution < 1.29 is 14.3 Å². The molecule has 5 heteroatoms. The highest BCUT2D eigenvalue weighted by molar-refractivity contribution is 9.10. The van der Waals surface area contributed by atoms with E-state index in [-0.39, 0.29) is 11.7 Å². The number of benzene rings is 2. The molecule has 0 amide bonds. The minimum atomic E-state index is 0.121. The first-order chi connectivity index (χ1) is 12.1. The summed E-state index contributed by atoms with van der Waals surface area (Å²) in [4.78, 5) is 12.2. The van der Waals surface area contributed by atoms with Crippen molar-refractivity contribution in [3.8, 4) is 11.5 Å². The van der Waals surface area contributed by atoms with E-state index < -0.39 is 0 Å². The molecule has 4 nitrogen and oxygen atoms in total. The lowest BCUT2D eigenvalue weighted by molar-refractivity contribution is -0.115. The van der Waals surface area contributed by atoms with Crippen LogP contribution in [0.2, 0.25) is 0 Å². The number of carbonyl (C=O) groups is 1. The largest absolute Gasteiger partial charge is 0.493 e. The molecule has 0 aromatic heterocycles. The minimum absolute atomic E-state index is 0.121. The van der Waals surface area contributed by atoms with Crippen LogP contribution in [0.25, 0.3) is 0 Å². The van der Waals surface area contributed by atoms with Gasteiger partial charge in [0.05, 0.1) is 14.2 Å². The molecule has 1 atom stereocenters. The lowest BCUT2D eigenvalue weighted by Crippen LogP contribution is -2.16. The second kappa shape index (κ2) is 7.74. The first-order valence-electron chi connectivity index (χ1n) is 8.07. The zero-order valence-corrected chi connectivity index (χ0v) is 15.8. The van der Waals surface area contributed by atoms with Crippen molar-refractivity contribution in [2.45, 2.75) is 18.8 Å². The summed E-state index contributed by atoms with van der Waals surface area (Å²) in [6, 6.07) is 13.8. The summed E-state index contributed by atoms with van der Waals surface area (Å²) in [5.74, 6) is 1.63. The molecular weight excluding hydrogens is 382 g/mol. The van der Waals surface area contributed by atoms with E-state index in [1.165, 1.54) is 0 Å². The van der Waals surface area contributed by atoms with Gasteiger partial charge in [-0.25, -0.2) is 0 Å². The smallest absolute Gasteiger partial charge is 0.160 e. The molecule has 0 unspecified atom stereocenters. The molecule has 3 rings (SSSR count). The van der Waals surface area contributed by atoms with Crippen molar-refractivity contribution in [2.75, 3.05) is 19.5 Å². The average Bonchev–Trinajstić information content (AvgIpc) is 2.62. The maximum atomic E-state index is 12.2. The highest BCUT2D eigenvalue weighted by atomic mass is 79.9. The highest BCUT2D eigenvalue weighted by Crippen LogP contribution is 2.36. The van der Waals surface area contributed by atoms with Crippen LogP contribution in [0.4, 0.5) is 5.69 Å². The quantitative estimate of drug-likeness (QED) is 0.772. The Hall–Kier alpha value is -2.27. The number of nitrogens with one attached hydrogen (secondary N) is 1. The van der Waals surface area contributed by atoms with E-state index in [2.05, 4.69) is 21.2 Å². The monoisotopic (exact) mass is 401 g/mol. The molecule has 1 aliphatic carbocycles. The van der Waals surface area contributed by atoms with Gasteiger partial charge >= 0.3 is 0 Å². The number of hydrogen-bond donors (Lipinski definition) is 1. The topological polar surface area (TPSA) is 47.6 Å². The van der Waals surface area contributed by atoms with Crippen molar-refractivity contribution in [3.05, 3.63) is 64.3 Å². The van der Waals surface area contributed by atoms with Gasteiger partial charge in [0.1, 0.15) is 0 Å². The predicted molar refractivity (Wildman–Crippen MR) is 102 cm³/mol. The Morgan fingerprint density at radius 1 is 1.00 bits per heavy atom. The third-order valence-corrected chi connectivity index (χ3v) is 4.81. The van der Waals surface area contributed by atoms with E-state index in [4.69, 9.17) is 9.47 Å². The van der Waals surface area contributed by atoms with Crippen molar-refractivity contribution in [3.63, 3.8) is 0 Å².